The van der Waals surface area contributed by atoms with Crippen LogP contribution in [0.25, 0.3) is 0 Å². The Bertz CT molecular complexity index is 826. The standard InChI is InChI=1S/C18H25N3O3S/c1-13-6-4-8-17(10-13)24-12-16-7-5-9-21(11-16)25(22,23)18-14(2)19-20-15(18)3/h4,6,8,10,16H,5,7,9,11-12H2,1-3H3,(H,19,20). The molecule has 7 heteroatoms. The lowest BCUT2D eigenvalue weighted by molar-refractivity contribution is 0.180. The van der Waals surface area contributed by atoms with Crippen molar-refractivity contribution in [2.24, 2.45) is 5.92 Å². The normalized spacial score (nSPS) is 19.1. The maximum absolute atomic E-state index is 13.0. The van der Waals surface area contributed by atoms with Gasteiger partial charge in [-0.2, -0.15) is 9.40 Å². The van der Waals surface area contributed by atoms with E-state index in [1.54, 1.807) is 18.2 Å². The highest BCUT2D eigenvalue weighted by atomic mass is 32.2. The summed E-state index contributed by atoms with van der Waals surface area (Å²) in [7, 11) is -3.52. The molecule has 1 aliphatic heterocycles. The van der Waals surface area contributed by atoms with Crippen LogP contribution in [0.15, 0.2) is 29.2 Å². The van der Waals surface area contributed by atoms with E-state index < -0.39 is 10.0 Å². The number of piperidine rings is 1. The summed E-state index contributed by atoms with van der Waals surface area (Å²) in [6.45, 7) is 7.05. The number of aromatic nitrogens is 2. The third-order valence-corrected chi connectivity index (χ3v) is 6.74. The van der Waals surface area contributed by atoms with Gasteiger partial charge >= 0.3 is 0 Å². The van der Waals surface area contributed by atoms with Crippen molar-refractivity contribution in [3.63, 3.8) is 0 Å². The molecule has 1 aromatic heterocycles. The zero-order chi connectivity index (χ0) is 18.0. The minimum absolute atomic E-state index is 0.191. The number of rotatable bonds is 5. The van der Waals surface area contributed by atoms with Crippen molar-refractivity contribution in [1.29, 1.82) is 0 Å². The van der Waals surface area contributed by atoms with Gasteiger partial charge in [0.05, 0.1) is 18.0 Å². The van der Waals surface area contributed by atoms with E-state index in [9.17, 15) is 8.42 Å². The molecular formula is C18H25N3O3S. The van der Waals surface area contributed by atoms with Gasteiger partial charge in [0.1, 0.15) is 10.6 Å². The van der Waals surface area contributed by atoms with Gasteiger partial charge in [-0.15, -0.1) is 0 Å². The van der Waals surface area contributed by atoms with Crippen LogP contribution in [0, 0.1) is 26.7 Å². The largest absolute Gasteiger partial charge is 0.493 e. The van der Waals surface area contributed by atoms with E-state index >= 15 is 0 Å². The average molecular weight is 363 g/mol. The van der Waals surface area contributed by atoms with E-state index in [1.165, 1.54) is 0 Å². The molecule has 1 saturated heterocycles. The number of H-pyrrole nitrogens is 1. The molecule has 0 radical (unpaired) electrons. The fourth-order valence-electron chi connectivity index (χ4n) is 3.35. The quantitative estimate of drug-likeness (QED) is 0.886. The number of ether oxygens (including phenoxy) is 1. The molecule has 0 aliphatic carbocycles. The number of sulfonamides is 1. The van der Waals surface area contributed by atoms with Gasteiger partial charge in [0.2, 0.25) is 10.0 Å². The van der Waals surface area contributed by atoms with E-state index in [2.05, 4.69) is 10.2 Å². The van der Waals surface area contributed by atoms with E-state index in [4.69, 9.17) is 4.74 Å². The summed E-state index contributed by atoms with van der Waals surface area (Å²) >= 11 is 0. The molecular weight excluding hydrogens is 338 g/mol. The van der Waals surface area contributed by atoms with Crippen LogP contribution in [0.2, 0.25) is 0 Å². The van der Waals surface area contributed by atoms with Gasteiger partial charge in [0.15, 0.2) is 0 Å². The van der Waals surface area contributed by atoms with Crippen LogP contribution in [0.4, 0.5) is 0 Å². The van der Waals surface area contributed by atoms with Gasteiger partial charge in [0.25, 0.3) is 0 Å². The minimum Gasteiger partial charge on any atom is -0.493 e. The second-order valence-corrected chi connectivity index (χ2v) is 8.64. The monoisotopic (exact) mass is 363 g/mol. The van der Waals surface area contributed by atoms with Crippen molar-refractivity contribution in [1.82, 2.24) is 14.5 Å². The maximum atomic E-state index is 13.0. The van der Waals surface area contributed by atoms with Crippen molar-refractivity contribution in [3.05, 3.63) is 41.2 Å². The predicted molar refractivity (Wildman–Crippen MR) is 96.2 cm³/mol. The summed E-state index contributed by atoms with van der Waals surface area (Å²) in [5.41, 5.74) is 2.27. The van der Waals surface area contributed by atoms with Gasteiger partial charge in [0, 0.05) is 19.0 Å². The van der Waals surface area contributed by atoms with E-state index in [0.29, 0.717) is 36.0 Å². The van der Waals surface area contributed by atoms with Crippen molar-refractivity contribution in [2.75, 3.05) is 19.7 Å². The second kappa shape index (κ2) is 7.17. The smallest absolute Gasteiger partial charge is 0.246 e. The Hall–Kier alpha value is -1.86. The molecule has 2 heterocycles. The second-order valence-electron chi connectivity index (χ2n) is 6.76. The Morgan fingerprint density at radius 1 is 1.32 bits per heavy atom. The molecule has 1 N–H and O–H groups in total. The molecule has 2 aromatic rings. The first kappa shape index (κ1) is 17.9. The Morgan fingerprint density at radius 3 is 2.80 bits per heavy atom. The summed E-state index contributed by atoms with van der Waals surface area (Å²) in [5.74, 6) is 1.03. The zero-order valence-electron chi connectivity index (χ0n) is 14.9. The summed E-state index contributed by atoms with van der Waals surface area (Å²) < 4.78 is 33.4. The van der Waals surface area contributed by atoms with Crippen LogP contribution in [0.5, 0.6) is 5.75 Å². The predicted octanol–water partition coefficient (Wildman–Crippen LogP) is 2.81. The van der Waals surface area contributed by atoms with Crippen LogP contribution >= 0.6 is 0 Å². The van der Waals surface area contributed by atoms with E-state index in [-0.39, 0.29) is 5.92 Å². The lowest BCUT2D eigenvalue weighted by atomic mass is 10.0. The van der Waals surface area contributed by atoms with Crippen molar-refractivity contribution < 1.29 is 13.2 Å². The fraction of sp³-hybridized carbons (Fsp3) is 0.500. The minimum atomic E-state index is -3.52. The van der Waals surface area contributed by atoms with Gasteiger partial charge in [-0.25, -0.2) is 8.42 Å². The third-order valence-electron chi connectivity index (χ3n) is 4.62. The first-order valence-corrected chi connectivity index (χ1v) is 10.0. The molecule has 6 nitrogen and oxygen atoms in total. The number of nitrogens with zero attached hydrogens (tertiary/aromatic N) is 2. The highest BCUT2D eigenvalue weighted by molar-refractivity contribution is 7.89. The summed E-state index contributed by atoms with van der Waals surface area (Å²) in [4.78, 5) is 0.313. The first-order valence-electron chi connectivity index (χ1n) is 8.59. The number of benzene rings is 1. The molecule has 25 heavy (non-hydrogen) atoms. The lowest BCUT2D eigenvalue weighted by Gasteiger charge is -2.31. The van der Waals surface area contributed by atoms with Crippen LogP contribution in [0.3, 0.4) is 0 Å². The first-order chi connectivity index (χ1) is 11.9. The number of aromatic amines is 1. The lowest BCUT2D eigenvalue weighted by Crippen LogP contribution is -2.41. The third kappa shape index (κ3) is 3.88. The molecule has 0 bridgehead atoms. The van der Waals surface area contributed by atoms with Crippen LogP contribution in [-0.4, -0.2) is 42.6 Å². The van der Waals surface area contributed by atoms with Crippen LogP contribution in [-0.2, 0) is 10.0 Å². The highest BCUT2D eigenvalue weighted by Gasteiger charge is 2.33. The van der Waals surface area contributed by atoms with Crippen LogP contribution in [0.1, 0.15) is 29.8 Å². The van der Waals surface area contributed by atoms with Crippen molar-refractivity contribution >= 4 is 10.0 Å². The van der Waals surface area contributed by atoms with Gasteiger partial charge < -0.3 is 4.74 Å². The maximum Gasteiger partial charge on any atom is 0.246 e. The number of aryl methyl sites for hydroxylation is 3. The van der Waals surface area contributed by atoms with Gasteiger partial charge in [-0.1, -0.05) is 12.1 Å². The zero-order valence-corrected chi connectivity index (χ0v) is 15.8. The number of hydrogen-bond donors (Lipinski definition) is 1. The van der Waals surface area contributed by atoms with Gasteiger partial charge in [-0.3, -0.25) is 5.10 Å². The Kier molecular flexibility index (Phi) is 5.15. The Morgan fingerprint density at radius 2 is 2.12 bits per heavy atom. The number of hydrogen-bond acceptors (Lipinski definition) is 4. The van der Waals surface area contributed by atoms with Crippen molar-refractivity contribution in [3.8, 4) is 5.75 Å². The topological polar surface area (TPSA) is 75.3 Å². The molecule has 1 aliphatic rings. The number of nitrogens with one attached hydrogen (secondary N) is 1. The van der Waals surface area contributed by atoms with E-state index in [0.717, 1.165) is 24.2 Å². The fourth-order valence-corrected chi connectivity index (χ4v) is 5.24. The molecule has 0 amide bonds. The SMILES string of the molecule is Cc1cccc(OCC2CCCN(S(=O)(=O)c3c(C)n[nH]c3C)C2)c1. The summed E-state index contributed by atoms with van der Waals surface area (Å²) in [5, 5.41) is 6.79. The Balaban J connectivity index is 1.69. The van der Waals surface area contributed by atoms with E-state index in [1.807, 2.05) is 31.2 Å². The molecule has 0 spiro atoms. The molecule has 1 atom stereocenters. The molecule has 3 rings (SSSR count). The molecule has 1 fully saturated rings. The van der Waals surface area contributed by atoms with Crippen LogP contribution < -0.4 is 4.74 Å². The van der Waals surface area contributed by atoms with Gasteiger partial charge in [-0.05, 0) is 51.3 Å². The molecule has 1 unspecified atom stereocenters. The van der Waals surface area contributed by atoms with Crippen molar-refractivity contribution in [2.45, 2.75) is 38.5 Å². The average Bonchev–Trinajstić information content (AvgIpc) is 2.93. The molecule has 136 valence electrons. The molecule has 1 aromatic carbocycles. The highest BCUT2D eigenvalue weighted by Crippen LogP contribution is 2.27. The molecule has 0 saturated carbocycles. The summed E-state index contributed by atoms with van der Waals surface area (Å²) in [6.07, 6.45) is 1.82. The summed E-state index contributed by atoms with van der Waals surface area (Å²) in [6, 6.07) is 7.92. The Labute approximate surface area is 149 Å².